The fraction of sp³-hybridized carbons (Fsp3) is 0.690. The summed E-state index contributed by atoms with van der Waals surface area (Å²) in [6, 6.07) is 3.26. The van der Waals surface area contributed by atoms with Gasteiger partial charge in [0.1, 0.15) is 30.2 Å². The second-order valence-electron chi connectivity index (χ2n) is 17.0. The van der Waals surface area contributed by atoms with Gasteiger partial charge in [-0.2, -0.15) is 0 Å². The minimum absolute atomic E-state index is 0.0275. The molecule has 0 aliphatic carbocycles. The van der Waals surface area contributed by atoms with Crippen molar-refractivity contribution in [1.82, 2.24) is 36.0 Å². The minimum atomic E-state index is -0.982. The van der Waals surface area contributed by atoms with Crippen LogP contribution in [0.15, 0.2) is 30.3 Å². The molecule has 1 aromatic rings. The number of hydrogen-bond donors (Lipinski definition) is 4. The van der Waals surface area contributed by atoms with Crippen LogP contribution in [0.25, 0.3) is 0 Å². The lowest BCUT2D eigenvalue weighted by Crippen LogP contribution is -2.61. The maximum Gasteiger partial charge on any atom is 0.246 e. The maximum absolute atomic E-state index is 14.3. The zero-order valence-corrected chi connectivity index (χ0v) is 34.1. The highest BCUT2D eigenvalue weighted by molar-refractivity contribution is 5.98. The van der Waals surface area contributed by atoms with Crippen molar-refractivity contribution in [1.29, 1.82) is 0 Å². The van der Waals surface area contributed by atoms with Gasteiger partial charge in [0, 0.05) is 13.1 Å². The van der Waals surface area contributed by atoms with Gasteiger partial charge in [-0.1, -0.05) is 78.3 Å². The van der Waals surface area contributed by atoms with E-state index in [9.17, 15) is 33.6 Å². The maximum atomic E-state index is 14.3. The van der Waals surface area contributed by atoms with Gasteiger partial charge < -0.3 is 31.1 Å². The standard InChI is InChI=1S/C42H63N7O7/c1-7-27(6)36-40(54)43-29(23-28-14-9-8-10-15-28)34(50)24-47-19-11-16-31(47)37(51)45-35(26(4)5)42(56)49-21-13-17-32(49)38(52)44-30(22-25(2)3)41(55)48-20-12-18-33(48)39(53)46-36/h8-10,14-15,25-27,29-33,35-36H,7,11-13,16-24H2,1-6H3,(H,43,54)(H,44,52)(H,45,51)(H,46,53)/t27-,29+,30+,31+,32+,33+,35+,36+/m1/s1. The number of Topliss-reactive ketones (excluding diaryl/α,β-unsaturated/α-hetero) is 1. The third kappa shape index (κ3) is 10.1. The van der Waals surface area contributed by atoms with Crippen LogP contribution in [0.3, 0.4) is 0 Å². The van der Waals surface area contributed by atoms with Crippen LogP contribution in [0.2, 0.25) is 0 Å². The van der Waals surface area contributed by atoms with E-state index in [2.05, 4.69) is 21.3 Å². The molecule has 0 unspecified atom stereocenters. The molecule has 14 heteroatoms. The number of nitrogens with zero attached hydrogens (tertiary/aromatic N) is 3. The normalized spacial score (nSPS) is 29.9. The van der Waals surface area contributed by atoms with Gasteiger partial charge in [-0.25, -0.2) is 0 Å². The molecule has 0 bridgehead atoms. The summed E-state index contributed by atoms with van der Waals surface area (Å²) < 4.78 is 0. The average Bonchev–Trinajstić information content (AvgIpc) is 3.96. The first-order valence-corrected chi connectivity index (χ1v) is 20.8. The number of hydrogen-bond acceptors (Lipinski definition) is 8. The summed E-state index contributed by atoms with van der Waals surface area (Å²) in [6.07, 6.45) is 4.24. The number of nitrogens with one attached hydrogen (secondary N) is 4. The molecule has 4 heterocycles. The molecule has 5 rings (SSSR count). The van der Waals surface area contributed by atoms with Crippen LogP contribution in [-0.4, -0.2) is 124 Å². The van der Waals surface area contributed by atoms with E-state index >= 15 is 0 Å². The summed E-state index contributed by atoms with van der Waals surface area (Å²) in [5.41, 5.74) is 0.842. The molecule has 4 N–H and O–H groups in total. The Balaban J connectivity index is 1.52. The predicted molar refractivity (Wildman–Crippen MR) is 211 cm³/mol. The molecular weight excluding hydrogens is 715 g/mol. The Kier molecular flexibility index (Phi) is 14.7. The Hall–Kier alpha value is -4.33. The van der Waals surface area contributed by atoms with E-state index in [0.717, 1.165) is 5.56 Å². The minimum Gasteiger partial charge on any atom is -0.344 e. The van der Waals surface area contributed by atoms with Crippen LogP contribution in [-0.2, 0) is 40.0 Å². The van der Waals surface area contributed by atoms with Crippen molar-refractivity contribution in [2.24, 2.45) is 17.8 Å². The van der Waals surface area contributed by atoms with Gasteiger partial charge in [0.25, 0.3) is 0 Å². The van der Waals surface area contributed by atoms with E-state index < -0.39 is 60.0 Å². The number of amides is 6. The molecule has 8 atom stereocenters. The topological polar surface area (TPSA) is 177 Å². The lowest BCUT2D eigenvalue weighted by molar-refractivity contribution is -0.145. The highest BCUT2D eigenvalue weighted by atomic mass is 16.2. The molecule has 4 saturated heterocycles. The second kappa shape index (κ2) is 19.2. The summed E-state index contributed by atoms with van der Waals surface area (Å²) >= 11 is 0. The number of carbonyl (C=O) groups is 7. The summed E-state index contributed by atoms with van der Waals surface area (Å²) in [5, 5.41) is 11.9. The molecule has 6 amide bonds. The van der Waals surface area contributed by atoms with E-state index in [1.54, 1.807) is 0 Å². The van der Waals surface area contributed by atoms with Crippen LogP contribution < -0.4 is 21.3 Å². The van der Waals surface area contributed by atoms with Gasteiger partial charge in [-0.3, -0.25) is 38.5 Å². The molecule has 0 aromatic heterocycles. The molecule has 0 spiro atoms. The van der Waals surface area contributed by atoms with Crippen molar-refractivity contribution < 1.29 is 33.6 Å². The first-order chi connectivity index (χ1) is 26.7. The molecule has 0 saturated carbocycles. The van der Waals surface area contributed by atoms with Gasteiger partial charge >= 0.3 is 0 Å². The molecule has 1 aromatic carbocycles. The highest BCUT2D eigenvalue weighted by Gasteiger charge is 2.44. The van der Waals surface area contributed by atoms with Gasteiger partial charge in [-0.15, -0.1) is 0 Å². The largest absolute Gasteiger partial charge is 0.344 e. The Labute approximate surface area is 331 Å². The number of fused-ring (bicyclic) bond motifs is 3. The third-order valence-corrected chi connectivity index (χ3v) is 12.0. The molecule has 308 valence electrons. The van der Waals surface area contributed by atoms with Gasteiger partial charge in [0.05, 0.1) is 18.6 Å². The average molecular weight is 778 g/mol. The Morgan fingerprint density at radius 1 is 0.625 bits per heavy atom. The summed E-state index contributed by atoms with van der Waals surface area (Å²) in [6.45, 7) is 12.4. The van der Waals surface area contributed by atoms with E-state index in [-0.39, 0.29) is 54.2 Å². The predicted octanol–water partition coefficient (Wildman–Crippen LogP) is 1.95. The van der Waals surface area contributed by atoms with Crippen molar-refractivity contribution in [3.8, 4) is 0 Å². The molecular formula is C42H63N7O7. The van der Waals surface area contributed by atoms with Gasteiger partial charge in [-0.05, 0) is 81.2 Å². The zero-order chi connectivity index (χ0) is 40.7. The van der Waals surface area contributed by atoms with Crippen LogP contribution in [0, 0.1) is 17.8 Å². The van der Waals surface area contributed by atoms with Crippen molar-refractivity contribution in [2.45, 2.75) is 142 Å². The summed E-state index contributed by atoms with van der Waals surface area (Å²) in [4.78, 5) is 104. The summed E-state index contributed by atoms with van der Waals surface area (Å²) in [5.74, 6) is -3.35. The molecule has 14 nitrogen and oxygen atoms in total. The number of ketones is 1. The first-order valence-electron chi connectivity index (χ1n) is 20.8. The molecule has 56 heavy (non-hydrogen) atoms. The lowest BCUT2D eigenvalue weighted by atomic mass is 9.95. The van der Waals surface area contributed by atoms with Crippen molar-refractivity contribution in [2.75, 3.05) is 26.2 Å². The second-order valence-corrected chi connectivity index (χ2v) is 17.0. The van der Waals surface area contributed by atoms with Crippen LogP contribution >= 0.6 is 0 Å². The fourth-order valence-corrected chi connectivity index (χ4v) is 8.64. The Bertz CT molecular complexity index is 1600. The molecule has 0 radical (unpaired) electrons. The fourth-order valence-electron chi connectivity index (χ4n) is 8.64. The van der Waals surface area contributed by atoms with Crippen molar-refractivity contribution >= 4 is 41.2 Å². The van der Waals surface area contributed by atoms with E-state index in [4.69, 9.17) is 0 Å². The third-order valence-electron chi connectivity index (χ3n) is 12.0. The molecule has 4 aliphatic rings. The van der Waals surface area contributed by atoms with Crippen molar-refractivity contribution in [3.63, 3.8) is 0 Å². The van der Waals surface area contributed by atoms with E-state index in [1.165, 1.54) is 9.80 Å². The van der Waals surface area contributed by atoms with Crippen LogP contribution in [0.1, 0.15) is 98.5 Å². The summed E-state index contributed by atoms with van der Waals surface area (Å²) in [7, 11) is 0. The zero-order valence-electron chi connectivity index (χ0n) is 34.1. The number of benzene rings is 1. The molecule has 4 fully saturated rings. The SMILES string of the molecule is CC[C@@H](C)[C@@H]1NC(=O)[C@@H]2CCCN2C(=O)[C@H](CC(C)C)NC(=O)[C@@H]2CCCN2C(=O)[C@H](C(C)C)NC(=O)[C@@H]2CCCN2CC(=O)[C@H](Cc2ccccc2)NC1=O. The Morgan fingerprint density at radius 2 is 1.16 bits per heavy atom. The Morgan fingerprint density at radius 3 is 1.77 bits per heavy atom. The monoisotopic (exact) mass is 777 g/mol. The van der Waals surface area contributed by atoms with Gasteiger partial charge in [0.2, 0.25) is 35.4 Å². The van der Waals surface area contributed by atoms with Gasteiger partial charge in [0.15, 0.2) is 5.78 Å². The van der Waals surface area contributed by atoms with E-state index in [0.29, 0.717) is 71.0 Å². The van der Waals surface area contributed by atoms with Crippen LogP contribution in [0.4, 0.5) is 0 Å². The number of carbonyl (C=O) groups excluding carboxylic acids is 7. The first kappa shape index (κ1) is 42.8. The van der Waals surface area contributed by atoms with Crippen LogP contribution in [0.5, 0.6) is 0 Å². The van der Waals surface area contributed by atoms with Crippen molar-refractivity contribution in [3.05, 3.63) is 35.9 Å². The highest BCUT2D eigenvalue weighted by Crippen LogP contribution is 2.25. The lowest BCUT2D eigenvalue weighted by Gasteiger charge is -2.34. The molecule has 4 aliphatic heterocycles. The quantitative estimate of drug-likeness (QED) is 0.325. The number of rotatable bonds is 7. The smallest absolute Gasteiger partial charge is 0.246 e. The van der Waals surface area contributed by atoms with E-state index in [1.807, 2.05) is 76.8 Å².